The summed E-state index contributed by atoms with van der Waals surface area (Å²) in [6.45, 7) is 7.24. The number of carbonyl (C=O) groups excluding carboxylic acids is 2. The van der Waals surface area contributed by atoms with Gasteiger partial charge in [-0.3, -0.25) is 0 Å². The molecule has 0 saturated heterocycles. The number of ether oxygens (including phenoxy) is 2. The molecule has 0 aliphatic carbocycles. The summed E-state index contributed by atoms with van der Waals surface area (Å²) in [5, 5.41) is 1.66. The van der Waals surface area contributed by atoms with E-state index in [1.54, 1.807) is 32.1 Å². The lowest BCUT2D eigenvalue weighted by atomic mass is 10.00. The van der Waals surface area contributed by atoms with Crippen LogP contribution in [0.5, 0.6) is 0 Å². The van der Waals surface area contributed by atoms with Crippen molar-refractivity contribution in [2.75, 3.05) is 0 Å². The largest absolute Gasteiger partial charge is 0.452 e. The van der Waals surface area contributed by atoms with Crippen LogP contribution >= 0.6 is 0 Å². The van der Waals surface area contributed by atoms with Gasteiger partial charge in [0.25, 0.3) is 0 Å². The molecule has 1 heterocycles. The predicted molar refractivity (Wildman–Crippen MR) is 87.7 cm³/mol. The van der Waals surface area contributed by atoms with E-state index in [9.17, 15) is 9.59 Å². The fourth-order valence-corrected chi connectivity index (χ4v) is 2.61. The molecule has 0 fully saturated rings. The van der Waals surface area contributed by atoms with Gasteiger partial charge in [-0.25, -0.2) is 9.59 Å². The number of carbonyl (C=O) groups is 2. The van der Waals surface area contributed by atoms with Gasteiger partial charge in [0.1, 0.15) is 6.10 Å². The zero-order valence-electron chi connectivity index (χ0n) is 13.0. The van der Waals surface area contributed by atoms with Gasteiger partial charge in [0, 0.05) is 5.57 Å². The van der Waals surface area contributed by atoms with Gasteiger partial charge in [0.2, 0.25) is 5.76 Å². The van der Waals surface area contributed by atoms with Crippen molar-refractivity contribution >= 4 is 28.8 Å². The van der Waals surface area contributed by atoms with E-state index in [-0.39, 0.29) is 11.9 Å². The summed E-state index contributed by atoms with van der Waals surface area (Å²) in [4.78, 5) is 24.3. The van der Waals surface area contributed by atoms with E-state index < -0.39 is 11.9 Å². The van der Waals surface area contributed by atoms with Crippen LogP contribution in [-0.2, 0) is 14.3 Å². The Bertz CT molecular complexity index is 861. The number of fused-ring (bicyclic) bond motifs is 1. The molecule has 0 N–H and O–H groups in total. The molecule has 116 valence electrons. The Kier molecular flexibility index (Phi) is 3.74. The van der Waals surface area contributed by atoms with Gasteiger partial charge in [-0.2, -0.15) is 0 Å². The van der Waals surface area contributed by atoms with E-state index in [2.05, 4.69) is 6.58 Å². The number of hydrogen-bond donors (Lipinski definition) is 0. The van der Waals surface area contributed by atoms with Gasteiger partial charge in [-0.15, -0.1) is 0 Å². The first-order chi connectivity index (χ1) is 11.0. The van der Waals surface area contributed by atoms with Gasteiger partial charge in [-0.05, 0) is 36.2 Å². The summed E-state index contributed by atoms with van der Waals surface area (Å²) in [6.07, 6.45) is 1.37. The van der Waals surface area contributed by atoms with Crippen molar-refractivity contribution < 1.29 is 19.1 Å². The monoisotopic (exact) mass is 308 g/mol. The number of benzene rings is 2. The minimum absolute atomic E-state index is 0.0145. The second kappa shape index (κ2) is 5.72. The fourth-order valence-electron chi connectivity index (χ4n) is 2.61. The molecule has 2 aromatic rings. The summed E-state index contributed by atoms with van der Waals surface area (Å²) in [6, 6.07) is 11.0. The fraction of sp³-hybridized carbons (Fsp3) is 0.158. The van der Waals surface area contributed by atoms with Crippen LogP contribution in [0.1, 0.15) is 29.8 Å². The first-order valence-corrected chi connectivity index (χ1v) is 7.31. The van der Waals surface area contributed by atoms with Gasteiger partial charge >= 0.3 is 11.9 Å². The van der Waals surface area contributed by atoms with Crippen molar-refractivity contribution in [2.24, 2.45) is 0 Å². The minimum atomic E-state index is -0.602. The SMILES string of the molecule is C=Cc1cccc2c(C(=O)OC3=C(C)C(C)OC3=O)cccc12. The second-order valence-electron chi connectivity index (χ2n) is 5.40. The molecule has 1 aliphatic heterocycles. The third kappa shape index (κ3) is 2.52. The maximum Gasteiger partial charge on any atom is 0.375 e. The van der Waals surface area contributed by atoms with E-state index in [1.165, 1.54) is 0 Å². The molecular formula is C19H16O4. The third-order valence-corrected chi connectivity index (χ3v) is 4.03. The lowest BCUT2D eigenvalue weighted by Gasteiger charge is -2.08. The van der Waals surface area contributed by atoms with Crippen molar-refractivity contribution in [1.82, 2.24) is 0 Å². The first kappa shape index (κ1) is 15.0. The number of hydrogen-bond acceptors (Lipinski definition) is 4. The first-order valence-electron chi connectivity index (χ1n) is 7.31. The quantitative estimate of drug-likeness (QED) is 0.808. The summed E-state index contributed by atoms with van der Waals surface area (Å²) in [7, 11) is 0. The van der Waals surface area contributed by atoms with Gasteiger partial charge in [-0.1, -0.05) is 43.0 Å². The maximum absolute atomic E-state index is 12.5. The predicted octanol–water partition coefficient (Wildman–Crippen LogP) is 3.86. The van der Waals surface area contributed by atoms with E-state index in [4.69, 9.17) is 9.47 Å². The molecule has 0 saturated carbocycles. The molecule has 0 radical (unpaired) electrons. The van der Waals surface area contributed by atoms with Gasteiger partial charge in [0.05, 0.1) is 5.56 Å². The van der Waals surface area contributed by atoms with E-state index in [1.807, 2.05) is 24.3 Å². The molecule has 0 spiro atoms. The number of cyclic esters (lactones) is 1. The normalized spacial score (nSPS) is 17.3. The number of esters is 2. The zero-order valence-corrected chi connectivity index (χ0v) is 13.0. The second-order valence-corrected chi connectivity index (χ2v) is 5.40. The van der Waals surface area contributed by atoms with Crippen molar-refractivity contribution in [3.8, 4) is 0 Å². The Hall–Kier alpha value is -2.88. The Labute approximate surface area is 134 Å². The summed E-state index contributed by atoms with van der Waals surface area (Å²) in [5.74, 6) is -1.19. The van der Waals surface area contributed by atoms with Crippen LogP contribution in [0, 0.1) is 0 Å². The topological polar surface area (TPSA) is 52.6 Å². The molecule has 0 aromatic heterocycles. The van der Waals surface area contributed by atoms with Crippen molar-refractivity contribution in [1.29, 1.82) is 0 Å². The number of rotatable bonds is 3. The van der Waals surface area contributed by atoms with Gasteiger partial charge < -0.3 is 9.47 Å². The lowest BCUT2D eigenvalue weighted by molar-refractivity contribution is -0.141. The van der Waals surface area contributed by atoms with Crippen LogP contribution in [0.2, 0.25) is 0 Å². The molecule has 1 unspecified atom stereocenters. The van der Waals surface area contributed by atoms with Crippen molar-refractivity contribution in [3.05, 3.63) is 65.4 Å². The minimum Gasteiger partial charge on any atom is -0.452 e. The highest BCUT2D eigenvalue weighted by Gasteiger charge is 2.32. The summed E-state index contributed by atoms with van der Waals surface area (Å²) < 4.78 is 10.4. The standard InChI is InChI=1S/C19H16O4/c1-4-13-7-5-9-15-14(13)8-6-10-16(15)18(20)23-17-11(2)12(3)22-19(17)21/h4-10,12H,1H2,2-3H3. The Morgan fingerprint density at radius 3 is 2.57 bits per heavy atom. The lowest BCUT2D eigenvalue weighted by Crippen LogP contribution is -2.11. The highest BCUT2D eigenvalue weighted by Crippen LogP contribution is 2.27. The zero-order chi connectivity index (χ0) is 16.6. The van der Waals surface area contributed by atoms with Crippen LogP contribution in [0.25, 0.3) is 16.8 Å². The summed E-state index contributed by atoms with van der Waals surface area (Å²) >= 11 is 0. The van der Waals surface area contributed by atoms with E-state index >= 15 is 0 Å². The van der Waals surface area contributed by atoms with Crippen LogP contribution in [0.3, 0.4) is 0 Å². The van der Waals surface area contributed by atoms with E-state index in [0.717, 1.165) is 16.3 Å². The Balaban J connectivity index is 2.03. The van der Waals surface area contributed by atoms with Crippen molar-refractivity contribution in [3.63, 3.8) is 0 Å². The van der Waals surface area contributed by atoms with E-state index in [0.29, 0.717) is 11.1 Å². The maximum atomic E-state index is 12.5. The highest BCUT2D eigenvalue weighted by molar-refractivity contribution is 6.08. The molecule has 1 atom stereocenters. The smallest absolute Gasteiger partial charge is 0.375 e. The average Bonchev–Trinajstić information content (AvgIpc) is 2.79. The molecule has 23 heavy (non-hydrogen) atoms. The van der Waals surface area contributed by atoms with Crippen LogP contribution in [0.4, 0.5) is 0 Å². The molecule has 2 aromatic carbocycles. The average molecular weight is 308 g/mol. The highest BCUT2D eigenvalue weighted by atomic mass is 16.6. The van der Waals surface area contributed by atoms with Crippen LogP contribution < -0.4 is 0 Å². The van der Waals surface area contributed by atoms with Gasteiger partial charge in [0.15, 0.2) is 0 Å². The molecule has 3 rings (SSSR count). The van der Waals surface area contributed by atoms with Crippen molar-refractivity contribution in [2.45, 2.75) is 20.0 Å². The van der Waals surface area contributed by atoms with Crippen LogP contribution in [0.15, 0.2) is 54.3 Å². The molecule has 0 bridgehead atoms. The molecule has 0 amide bonds. The Morgan fingerprint density at radius 2 is 1.91 bits per heavy atom. The molecular weight excluding hydrogens is 292 g/mol. The molecule has 4 heteroatoms. The molecule has 1 aliphatic rings. The summed E-state index contributed by atoms with van der Waals surface area (Å²) in [5.41, 5.74) is 1.95. The Morgan fingerprint density at radius 1 is 1.22 bits per heavy atom. The molecule has 4 nitrogen and oxygen atoms in total. The third-order valence-electron chi connectivity index (χ3n) is 4.03. The van der Waals surface area contributed by atoms with Crippen LogP contribution in [-0.4, -0.2) is 18.0 Å².